The van der Waals surface area contributed by atoms with E-state index in [0.29, 0.717) is 17.5 Å². The summed E-state index contributed by atoms with van der Waals surface area (Å²) >= 11 is 0. The second-order valence-electron chi connectivity index (χ2n) is 6.35. The molecule has 0 saturated heterocycles. The Labute approximate surface area is 109 Å². The van der Waals surface area contributed by atoms with Crippen molar-refractivity contribution in [1.29, 1.82) is 0 Å². The minimum atomic E-state index is -0.00935. The predicted octanol–water partition coefficient (Wildman–Crippen LogP) is 3.61. The molecular weight excluding hydrogens is 226 g/mol. The fraction of sp³-hybridized carbons (Fsp3) is 0.667. The molecule has 2 rings (SSSR count). The lowest BCUT2D eigenvalue weighted by Gasteiger charge is -2.40. The Kier molecular flexibility index (Phi) is 3.79. The Morgan fingerprint density at radius 3 is 2.67 bits per heavy atom. The predicted molar refractivity (Wildman–Crippen MR) is 71.4 cm³/mol. The number of carbonyl (C=O) groups excluding carboxylic acids is 1. The summed E-state index contributed by atoms with van der Waals surface area (Å²) in [4.78, 5) is 12.1. The summed E-state index contributed by atoms with van der Waals surface area (Å²) in [6.07, 6.45) is 7.83. The fourth-order valence-corrected chi connectivity index (χ4v) is 2.99. The van der Waals surface area contributed by atoms with Gasteiger partial charge in [-0.05, 0) is 30.2 Å². The SMILES string of the molecule is CC(C)(C)C1CCCCC1NC(=O)c1ccoc1. The molecule has 1 fully saturated rings. The Balaban J connectivity index is 2.04. The number of nitrogens with one attached hydrogen (secondary N) is 1. The van der Waals surface area contributed by atoms with Crippen LogP contribution >= 0.6 is 0 Å². The zero-order chi connectivity index (χ0) is 13.2. The van der Waals surface area contributed by atoms with Gasteiger partial charge in [0.25, 0.3) is 5.91 Å². The van der Waals surface area contributed by atoms with Gasteiger partial charge in [0, 0.05) is 6.04 Å². The standard InChI is InChI=1S/C15H23NO2/c1-15(2,3)12-6-4-5-7-13(12)16-14(17)11-8-9-18-10-11/h8-10,12-13H,4-7H2,1-3H3,(H,16,17). The average Bonchev–Trinajstić information content (AvgIpc) is 2.81. The highest BCUT2D eigenvalue weighted by molar-refractivity contribution is 5.93. The number of rotatable bonds is 2. The molecule has 2 atom stereocenters. The number of hydrogen-bond donors (Lipinski definition) is 1. The highest BCUT2D eigenvalue weighted by Crippen LogP contribution is 2.38. The van der Waals surface area contributed by atoms with Crippen molar-refractivity contribution in [1.82, 2.24) is 5.32 Å². The molecular formula is C15H23NO2. The summed E-state index contributed by atoms with van der Waals surface area (Å²) in [6, 6.07) is 2.01. The van der Waals surface area contributed by atoms with Crippen molar-refractivity contribution in [2.75, 3.05) is 0 Å². The van der Waals surface area contributed by atoms with Crippen LogP contribution in [0.25, 0.3) is 0 Å². The maximum absolute atomic E-state index is 12.1. The van der Waals surface area contributed by atoms with Gasteiger partial charge in [0.05, 0.1) is 11.8 Å². The lowest BCUT2D eigenvalue weighted by atomic mass is 9.69. The van der Waals surface area contributed by atoms with E-state index in [4.69, 9.17) is 4.42 Å². The molecule has 0 spiro atoms. The van der Waals surface area contributed by atoms with Crippen molar-refractivity contribution in [2.24, 2.45) is 11.3 Å². The third-order valence-corrected chi connectivity index (χ3v) is 3.98. The zero-order valence-corrected chi connectivity index (χ0v) is 11.5. The van der Waals surface area contributed by atoms with Gasteiger partial charge in [-0.1, -0.05) is 33.6 Å². The topological polar surface area (TPSA) is 42.2 Å². The molecule has 1 saturated carbocycles. The smallest absolute Gasteiger partial charge is 0.254 e. The molecule has 1 aliphatic carbocycles. The van der Waals surface area contributed by atoms with Crippen molar-refractivity contribution < 1.29 is 9.21 Å². The largest absolute Gasteiger partial charge is 0.472 e. The number of furan rings is 1. The van der Waals surface area contributed by atoms with Crippen LogP contribution in [0.5, 0.6) is 0 Å². The van der Waals surface area contributed by atoms with E-state index in [1.54, 1.807) is 6.07 Å². The molecule has 0 bridgehead atoms. The van der Waals surface area contributed by atoms with E-state index < -0.39 is 0 Å². The van der Waals surface area contributed by atoms with E-state index >= 15 is 0 Å². The number of amides is 1. The Morgan fingerprint density at radius 2 is 2.06 bits per heavy atom. The Morgan fingerprint density at radius 1 is 1.33 bits per heavy atom. The summed E-state index contributed by atoms with van der Waals surface area (Å²) < 4.78 is 4.96. The van der Waals surface area contributed by atoms with Gasteiger partial charge in [-0.3, -0.25) is 4.79 Å². The molecule has 18 heavy (non-hydrogen) atoms. The average molecular weight is 249 g/mol. The van der Waals surface area contributed by atoms with Crippen molar-refractivity contribution in [3.05, 3.63) is 24.2 Å². The van der Waals surface area contributed by atoms with Gasteiger partial charge in [-0.2, -0.15) is 0 Å². The van der Waals surface area contributed by atoms with Crippen LogP contribution in [0.3, 0.4) is 0 Å². The molecule has 0 aliphatic heterocycles. The summed E-state index contributed by atoms with van der Waals surface area (Å²) in [6.45, 7) is 6.79. The first-order valence-electron chi connectivity index (χ1n) is 6.81. The summed E-state index contributed by atoms with van der Waals surface area (Å²) in [7, 11) is 0. The van der Waals surface area contributed by atoms with E-state index in [-0.39, 0.29) is 11.3 Å². The van der Waals surface area contributed by atoms with Gasteiger partial charge in [0.15, 0.2) is 0 Å². The molecule has 1 aromatic heterocycles. The molecule has 0 radical (unpaired) electrons. The highest BCUT2D eigenvalue weighted by Gasteiger charge is 2.35. The van der Waals surface area contributed by atoms with Crippen LogP contribution in [0.15, 0.2) is 23.0 Å². The van der Waals surface area contributed by atoms with E-state index in [9.17, 15) is 4.79 Å². The first kappa shape index (κ1) is 13.2. The van der Waals surface area contributed by atoms with Gasteiger partial charge >= 0.3 is 0 Å². The third-order valence-electron chi connectivity index (χ3n) is 3.98. The first-order valence-corrected chi connectivity index (χ1v) is 6.81. The fourth-order valence-electron chi connectivity index (χ4n) is 2.99. The molecule has 1 aliphatic rings. The lowest BCUT2D eigenvalue weighted by Crippen LogP contribution is -2.46. The lowest BCUT2D eigenvalue weighted by molar-refractivity contribution is 0.0829. The van der Waals surface area contributed by atoms with Gasteiger partial charge in [-0.15, -0.1) is 0 Å². The Hall–Kier alpha value is -1.25. The second-order valence-corrected chi connectivity index (χ2v) is 6.35. The minimum absolute atomic E-state index is 0.00935. The van der Waals surface area contributed by atoms with Crippen LogP contribution in [0.4, 0.5) is 0 Å². The van der Waals surface area contributed by atoms with Crippen LogP contribution in [-0.4, -0.2) is 11.9 Å². The molecule has 0 aromatic carbocycles. The molecule has 3 heteroatoms. The van der Waals surface area contributed by atoms with Crippen molar-refractivity contribution in [3.63, 3.8) is 0 Å². The van der Waals surface area contributed by atoms with E-state index in [2.05, 4.69) is 26.1 Å². The molecule has 1 N–H and O–H groups in total. The van der Waals surface area contributed by atoms with Crippen molar-refractivity contribution in [2.45, 2.75) is 52.5 Å². The maximum atomic E-state index is 12.1. The van der Waals surface area contributed by atoms with Gasteiger partial charge in [0.2, 0.25) is 0 Å². The number of hydrogen-bond acceptors (Lipinski definition) is 2. The van der Waals surface area contributed by atoms with E-state index in [1.807, 2.05) is 0 Å². The second kappa shape index (κ2) is 5.17. The van der Waals surface area contributed by atoms with Crippen LogP contribution in [-0.2, 0) is 0 Å². The van der Waals surface area contributed by atoms with Crippen LogP contribution in [0.2, 0.25) is 0 Å². The van der Waals surface area contributed by atoms with E-state index in [1.165, 1.54) is 31.8 Å². The Bertz CT molecular complexity index is 389. The van der Waals surface area contributed by atoms with Gasteiger partial charge in [-0.25, -0.2) is 0 Å². The van der Waals surface area contributed by atoms with Gasteiger partial charge < -0.3 is 9.73 Å². The maximum Gasteiger partial charge on any atom is 0.254 e. The minimum Gasteiger partial charge on any atom is -0.472 e. The zero-order valence-electron chi connectivity index (χ0n) is 11.5. The molecule has 1 amide bonds. The first-order chi connectivity index (χ1) is 8.48. The summed E-state index contributed by atoms with van der Waals surface area (Å²) in [5.41, 5.74) is 0.864. The molecule has 3 nitrogen and oxygen atoms in total. The van der Waals surface area contributed by atoms with Gasteiger partial charge in [0.1, 0.15) is 6.26 Å². The van der Waals surface area contributed by atoms with Crippen LogP contribution in [0.1, 0.15) is 56.8 Å². The molecule has 100 valence electrons. The highest BCUT2D eigenvalue weighted by atomic mass is 16.3. The van der Waals surface area contributed by atoms with Crippen molar-refractivity contribution >= 4 is 5.91 Å². The molecule has 2 unspecified atom stereocenters. The third kappa shape index (κ3) is 2.95. The summed E-state index contributed by atoms with van der Waals surface area (Å²) in [5, 5.41) is 3.18. The molecule has 1 aromatic rings. The van der Waals surface area contributed by atoms with Crippen LogP contribution in [0, 0.1) is 11.3 Å². The quantitative estimate of drug-likeness (QED) is 0.870. The van der Waals surface area contributed by atoms with Crippen molar-refractivity contribution in [3.8, 4) is 0 Å². The number of carbonyl (C=O) groups is 1. The monoisotopic (exact) mass is 249 g/mol. The van der Waals surface area contributed by atoms with Crippen LogP contribution < -0.4 is 5.32 Å². The normalized spacial score (nSPS) is 24.8. The summed E-state index contributed by atoms with van der Waals surface area (Å²) in [5.74, 6) is 0.548. The van der Waals surface area contributed by atoms with E-state index in [0.717, 1.165) is 6.42 Å². The molecule has 1 heterocycles.